The zero-order valence-corrected chi connectivity index (χ0v) is 13.9. The van der Waals surface area contributed by atoms with Crippen molar-refractivity contribution >= 4 is 17.4 Å². The first kappa shape index (κ1) is 21.4. The molecule has 0 aliphatic carbocycles. The monoisotopic (exact) mass is 405 g/mol. The van der Waals surface area contributed by atoms with E-state index < -0.39 is 36.1 Å². The SMILES string of the molecule is O=C(c1ccccc1)c1ccc(NC(=O)C(O)(C(F)C(F)F)C(F)(F)F)cc1. The number of rotatable bonds is 6. The largest absolute Gasteiger partial charge is 0.429 e. The Morgan fingerprint density at radius 3 is 1.82 bits per heavy atom. The van der Waals surface area contributed by atoms with E-state index in [1.807, 2.05) is 0 Å². The summed E-state index contributed by atoms with van der Waals surface area (Å²) >= 11 is 0. The minimum Gasteiger partial charge on any atom is -0.370 e. The van der Waals surface area contributed by atoms with E-state index >= 15 is 0 Å². The number of halogens is 6. The molecule has 4 nitrogen and oxygen atoms in total. The summed E-state index contributed by atoms with van der Waals surface area (Å²) in [6.07, 6.45) is -14.4. The van der Waals surface area contributed by atoms with Gasteiger partial charge in [-0.25, -0.2) is 13.2 Å². The number of aliphatic hydroxyl groups is 1. The minimum atomic E-state index is -5.99. The van der Waals surface area contributed by atoms with E-state index in [2.05, 4.69) is 0 Å². The number of amides is 1. The highest BCUT2D eigenvalue weighted by Crippen LogP contribution is 2.38. The molecule has 2 aromatic rings. The first-order valence-corrected chi connectivity index (χ1v) is 7.71. The molecule has 0 saturated heterocycles. The number of carbonyl (C=O) groups is 2. The van der Waals surface area contributed by atoms with E-state index in [0.29, 0.717) is 5.56 Å². The van der Waals surface area contributed by atoms with Crippen molar-refractivity contribution in [3.05, 3.63) is 65.7 Å². The molecule has 2 unspecified atom stereocenters. The van der Waals surface area contributed by atoms with Crippen LogP contribution in [0.2, 0.25) is 0 Å². The van der Waals surface area contributed by atoms with Gasteiger partial charge in [0, 0.05) is 16.8 Å². The molecular formula is C18H13F6NO3. The van der Waals surface area contributed by atoms with Crippen LogP contribution in [0.1, 0.15) is 15.9 Å². The van der Waals surface area contributed by atoms with Crippen molar-refractivity contribution in [1.82, 2.24) is 0 Å². The number of benzene rings is 2. The smallest absolute Gasteiger partial charge is 0.370 e. The van der Waals surface area contributed by atoms with Crippen LogP contribution in [0.5, 0.6) is 0 Å². The zero-order valence-electron chi connectivity index (χ0n) is 13.9. The summed E-state index contributed by atoms with van der Waals surface area (Å²) in [4.78, 5) is 24.0. The fraction of sp³-hybridized carbons (Fsp3) is 0.222. The Balaban J connectivity index is 2.22. The average Bonchev–Trinajstić information content (AvgIpc) is 2.66. The Morgan fingerprint density at radius 2 is 1.36 bits per heavy atom. The molecule has 150 valence electrons. The predicted molar refractivity (Wildman–Crippen MR) is 86.9 cm³/mol. The van der Waals surface area contributed by atoms with Crippen molar-refractivity contribution in [2.75, 3.05) is 5.32 Å². The van der Waals surface area contributed by atoms with E-state index in [-0.39, 0.29) is 11.3 Å². The van der Waals surface area contributed by atoms with Crippen molar-refractivity contribution in [3.63, 3.8) is 0 Å². The summed E-state index contributed by atoms with van der Waals surface area (Å²) in [6, 6.07) is 12.4. The predicted octanol–water partition coefficient (Wildman–Crippen LogP) is 3.75. The van der Waals surface area contributed by atoms with Gasteiger partial charge in [-0.15, -0.1) is 0 Å². The van der Waals surface area contributed by atoms with Crippen LogP contribution >= 0.6 is 0 Å². The van der Waals surface area contributed by atoms with E-state index in [9.17, 15) is 41.0 Å². The van der Waals surface area contributed by atoms with E-state index in [1.165, 1.54) is 17.4 Å². The van der Waals surface area contributed by atoms with Gasteiger partial charge in [-0.1, -0.05) is 30.3 Å². The highest BCUT2D eigenvalue weighted by Gasteiger charge is 2.67. The maximum Gasteiger partial charge on any atom is 0.429 e. The molecule has 2 aromatic carbocycles. The quantitative estimate of drug-likeness (QED) is 0.568. The van der Waals surface area contributed by atoms with Gasteiger partial charge in [0.2, 0.25) is 6.17 Å². The molecule has 10 heteroatoms. The number of hydrogen-bond donors (Lipinski definition) is 2. The maximum atomic E-state index is 13.4. The van der Waals surface area contributed by atoms with Crippen LogP contribution in [-0.2, 0) is 4.79 Å². The molecule has 2 atom stereocenters. The molecular weight excluding hydrogens is 392 g/mol. The molecule has 28 heavy (non-hydrogen) atoms. The number of carbonyl (C=O) groups excluding carboxylic acids is 2. The summed E-state index contributed by atoms with van der Waals surface area (Å²) in [5, 5.41) is 10.9. The molecule has 0 heterocycles. The zero-order chi connectivity index (χ0) is 21.1. The van der Waals surface area contributed by atoms with Gasteiger partial charge in [-0.2, -0.15) is 13.2 Å². The summed E-state index contributed by atoms with van der Waals surface area (Å²) in [6.45, 7) is 0. The first-order valence-electron chi connectivity index (χ1n) is 7.71. The third-order valence-electron chi connectivity index (χ3n) is 3.84. The standard InChI is InChI=1S/C18H13F6NO3/c19-14(15(20)21)17(28,18(22,23)24)16(27)25-12-8-6-11(7-9-12)13(26)10-4-2-1-3-5-10/h1-9,14-15,28H,(H,25,27). The third kappa shape index (κ3) is 4.16. The number of hydrogen-bond acceptors (Lipinski definition) is 3. The molecule has 2 N–H and O–H groups in total. The van der Waals surface area contributed by atoms with Crippen LogP contribution in [0, 0.1) is 0 Å². The number of anilines is 1. The summed E-state index contributed by atoms with van der Waals surface area (Å²) in [5.41, 5.74) is -4.84. The lowest BCUT2D eigenvalue weighted by atomic mass is 9.95. The second-order valence-corrected chi connectivity index (χ2v) is 5.73. The topological polar surface area (TPSA) is 66.4 Å². The van der Waals surface area contributed by atoms with Crippen molar-refractivity contribution in [3.8, 4) is 0 Å². The van der Waals surface area contributed by atoms with Gasteiger partial charge in [0.05, 0.1) is 0 Å². The summed E-state index contributed by atoms with van der Waals surface area (Å²) < 4.78 is 76.9. The molecule has 0 radical (unpaired) electrons. The van der Waals surface area contributed by atoms with Crippen LogP contribution in [0.15, 0.2) is 54.6 Å². The molecule has 0 fully saturated rings. The van der Waals surface area contributed by atoms with Crippen molar-refractivity contribution < 1.29 is 41.0 Å². The Labute approximate surface area is 154 Å². The van der Waals surface area contributed by atoms with Crippen molar-refractivity contribution in [1.29, 1.82) is 0 Å². The first-order chi connectivity index (χ1) is 13.0. The number of ketones is 1. The van der Waals surface area contributed by atoms with Crippen LogP contribution in [0.3, 0.4) is 0 Å². The van der Waals surface area contributed by atoms with Gasteiger partial charge in [0.1, 0.15) is 0 Å². The van der Waals surface area contributed by atoms with Gasteiger partial charge in [-0.05, 0) is 24.3 Å². The lowest BCUT2D eigenvalue weighted by Crippen LogP contribution is -2.62. The second kappa shape index (κ2) is 8.01. The molecule has 0 spiro atoms. The summed E-state index contributed by atoms with van der Waals surface area (Å²) in [7, 11) is 0. The number of alkyl halides is 6. The molecule has 2 rings (SSSR count). The second-order valence-electron chi connectivity index (χ2n) is 5.73. The molecule has 0 aromatic heterocycles. The lowest BCUT2D eigenvalue weighted by molar-refractivity contribution is -0.277. The molecule has 0 bridgehead atoms. The fourth-order valence-electron chi connectivity index (χ4n) is 2.28. The Morgan fingerprint density at radius 1 is 0.857 bits per heavy atom. The highest BCUT2D eigenvalue weighted by molar-refractivity contribution is 6.09. The molecule has 0 aliphatic heterocycles. The normalized spacial score (nSPS) is 15.0. The van der Waals surface area contributed by atoms with E-state index in [4.69, 9.17) is 0 Å². The van der Waals surface area contributed by atoms with Crippen molar-refractivity contribution in [2.24, 2.45) is 0 Å². The Bertz CT molecular complexity index is 839. The van der Waals surface area contributed by atoms with E-state index in [0.717, 1.165) is 24.3 Å². The highest BCUT2D eigenvalue weighted by atomic mass is 19.4. The molecule has 0 saturated carbocycles. The van der Waals surface area contributed by atoms with Crippen LogP contribution in [0.25, 0.3) is 0 Å². The Kier molecular flexibility index (Phi) is 6.13. The van der Waals surface area contributed by atoms with Gasteiger partial charge >= 0.3 is 6.18 Å². The maximum absolute atomic E-state index is 13.4. The number of nitrogens with one attached hydrogen (secondary N) is 1. The van der Waals surface area contributed by atoms with Crippen LogP contribution in [-0.4, -0.2) is 41.2 Å². The van der Waals surface area contributed by atoms with Gasteiger partial charge in [0.15, 0.2) is 5.78 Å². The minimum absolute atomic E-state index is 0.131. The summed E-state index contributed by atoms with van der Waals surface area (Å²) in [5.74, 6) is -2.82. The van der Waals surface area contributed by atoms with Gasteiger partial charge < -0.3 is 10.4 Å². The molecule has 0 aliphatic rings. The van der Waals surface area contributed by atoms with Crippen molar-refractivity contribution in [2.45, 2.75) is 24.4 Å². The molecule has 1 amide bonds. The van der Waals surface area contributed by atoms with Gasteiger partial charge in [0.25, 0.3) is 17.9 Å². The fourth-order valence-corrected chi connectivity index (χ4v) is 2.28. The van der Waals surface area contributed by atoms with E-state index in [1.54, 1.807) is 18.2 Å². The average molecular weight is 405 g/mol. The van der Waals surface area contributed by atoms with Gasteiger partial charge in [-0.3, -0.25) is 9.59 Å². The third-order valence-corrected chi connectivity index (χ3v) is 3.84. The van der Waals surface area contributed by atoms with Crippen LogP contribution in [0.4, 0.5) is 32.0 Å². The lowest BCUT2D eigenvalue weighted by Gasteiger charge is -2.31. The Hall–Kier alpha value is -2.88. The van der Waals surface area contributed by atoms with Crippen LogP contribution < -0.4 is 5.32 Å².